The number of nitrogens with zero attached hydrogens (tertiary/aromatic N) is 1. The normalized spacial score (nSPS) is 10.1. The zero-order valence-electron chi connectivity index (χ0n) is 10.7. The molecule has 0 amide bonds. The Hall–Kier alpha value is -2.27. The SMILES string of the molecule is COc1ccccc1COc1cc(Cl)ccc1[N+](=O)[O-]. The van der Waals surface area contributed by atoms with Crippen molar-refractivity contribution in [3.8, 4) is 11.5 Å². The smallest absolute Gasteiger partial charge is 0.311 e. The van der Waals surface area contributed by atoms with Gasteiger partial charge >= 0.3 is 5.69 Å². The molecule has 0 aliphatic heterocycles. The first-order valence-corrected chi connectivity index (χ1v) is 6.18. The van der Waals surface area contributed by atoms with E-state index in [9.17, 15) is 10.1 Å². The summed E-state index contributed by atoms with van der Waals surface area (Å²) in [4.78, 5) is 10.4. The summed E-state index contributed by atoms with van der Waals surface area (Å²) in [6.07, 6.45) is 0. The average Bonchev–Trinajstić information content (AvgIpc) is 2.45. The molecule has 104 valence electrons. The largest absolute Gasteiger partial charge is 0.496 e. The molecule has 0 spiro atoms. The monoisotopic (exact) mass is 293 g/mol. The van der Waals surface area contributed by atoms with Crippen molar-refractivity contribution in [2.24, 2.45) is 0 Å². The molecule has 0 fully saturated rings. The second kappa shape index (κ2) is 6.25. The van der Waals surface area contributed by atoms with Crippen molar-refractivity contribution < 1.29 is 14.4 Å². The molecule has 5 nitrogen and oxygen atoms in total. The van der Waals surface area contributed by atoms with E-state index in [2.05, 4.69) is 0 Å². The molecule has 20 heavy (non-hydrogen) atoms. The molecule has 0 saturated carbocycles. The van der Waals surface area contributed by atoms with Gasteiger partial charge in [-0.1, -0.05) is 29.8 Å². The molecule has 6 heteroatoms. The van der Waals surface area contributed by atoms with Crippen LogP contribution < -0.4 is 9.47 Å². The van der Waals surface area contributed by atoms with Crippen molar-refractivity contribution in [3.63, 3.8) is 0 Å². The summed E-state index contributed by atoms with van der Waals surface area (Å²) in [5.41, 5.74) is 0.675. The number of nitro groups is 1. The minimum atomic E-state index is -0.506. The first kappa shape index (κ1) is 14.1. The van der Waals surface area contributed by atoms with Crippen LogP contribution in [0.4, 0.5) is 5.69 Å². The predicted molar refractivity (Wildman–Crippen MR) is 75.4 cm³/mol. The highest BCUT2D eigenvalue weighted by atomic mass is 35.5. The highest BCUT2D eigenvalue weighted by Gasteiger charge is 2.16. The Labute approximate surface area is 120 Å². The van der Waals surface area contributed by atoms with Gasteiger partial charge in [0.15, 0.2) is 5.75 Å². The van der Waals surface area contributed by atoms with Crippen molar-refractivity contribution in [2.45, 2.75) is 6.61 Å². The molecule has 0 bridgehead atoms. The Morgan fingerprint density at radius 2 is 1.95 bits per heavy atom. The summed E-state index contributed by atoms with van der Waals surface area (Å²) >= 11 is 5.83. The van der Waals surface area contributed by atoms with Crippen LogP contribution in [-0.4, -0.2) is 12.0 Å². The van der Waals surface area contributed by atoms with Crippen LogP contribution in [-0.2, 0) is 6.61 Å². The van der Waals surface area contributed by atoms with E-state index >= 15 is 0 Å². The number of halogens is 1. The van der Waals surface area contributed by atoms with Crippen LogP contribution in [0.5, 0.6) is 11.5 Å². The van der Waals surface area contributed by atoms with Gasteiger partial charge in [0.25, 0.3) is 0 Å². The quantitative estimate of drug-likeness (QED) is 0.621. The molecule has 0 unspecified atom stereocenters. The van der Waals surface area contributed by atoms with E-state index in [1.54, 1.807) is 13.2 Å². The highest BCUT2D eigenvalue weighted by molar-refractivity contribution is 6.30. The first-order valence-electron chi connectivity index (χ1n) is 5.80. The summed E-state index contributed by atoms with van der Waals surface area (Å²) in [7, 11) is 1.56. The van der Waals surface area contributed by atoms with E-state index in [0.29, 0.717) is 10.8 Å². The third-order valence-corrected chi connectivity index (χ3v) is 2.93. The summed E-state index contributed by atoms with van der Waals surface area (Å²) in [5, 5.41) is 11.3. The molecule has 0 aliphatic rings. The van der Waals surface area contributed by atoms with Gasteiger partial charge < -0.3 is 9.47 Å². The minimum absolute atomic E-state index is 0.121. The lowest BCUT2D eigenvalue weighted by atomic mass is 10.2. The van der Waals surface area contributed by atoms with Gasteiger partial charge in [-0.25, -0.2) is 0 Å². The van der Waals surface area contributed by atoms with Crippen LogP contribution in [0, 0.1) is 10.1 Å². The molecule has 0 aromatic heterocycles. The van der Waals surface area contributed by atoms with Crippen molar-refractivity contribution >= 4 is 17.3 Å². The van der Waals surface area contributed by atoms with E-state index in [0.717, 1.165) is 5.56 Å². The number of ether oxygens (including phenoxy) is 2. The number of nitro benzene ring substituents is 1. The van der Waals surface area contributed by atoms with Crippen molar-refractivity contribution in [3.05, 3.63) is 63.2 Å². The molecule has 0 atom stereocenters. The van der Waals surface area contributed by atoms with Crippen LogP contribution in [0.1, 0.15) is 5.56 Å². The summed E-state index contributed by atoms with van der Waals surface area (Å²) in [6, 6.07) is 11.5. The number of hydrogen-bond acceptors (Lipinski definition) is 4. The number of hydrogen-bond donors (Lipinski definition) is 0. The minimum Gasteiger partial charge on any atom is -0.496 e. The number of para-hydroxylation sites is 1. The Kier molecular flexibility index (Phi) is 4.42. The summed E-state index contributed by atoms with van der Waals surface area (Å²) in [6.45, 7) is 0.158. The molecule has 2 rings (SSSR count). The molecular formula is C14H12ClNO4. The van der Waals surface area contributed by atoms with Gasteiger partial charge in [0.05, 0.1) is 12.0 Å². The molecule has 0 radical (unpaired) electrons. The van der Waals surface area contributed by atoms with E-state index in [1.165, 1.54) is 18.2 Å². The molecule has 0 heterocycles. The predicted octanol–water partition coefficient (Wildman–Crippen LogP) is 3.84. The number of methoxy groups -OCH3 is 1. The van der Waals surface area contributed by atoms with E-state index < -0.39 is 4.92 Å². The Bertz CT molecular complexity index is 630. The second-order valence-corrected chi connectivity index (χ2v) is 4.41. The molecule has 2 aromatic rings. The standard InChI is InChI=1S/C14H12ClNO4/c1-19-13-5-3-2-4-10(13)9-20-14-8-11(15)6-7-12(14)16(17)18/h2-8H,9H2,1H3. The van der Waals surface area contributed by atoms with Gasteiger partial charge in [-0.05, 0) is 12.1 Å². The van der Waals surface area contributed by atoms with E-state index in [1.807, 2.05) is 18.2 Å². The van der Waals surface area contributed by atoms with Gasteiger partial charge in [0.1, 0.15) is 12.4 Å². The summed E-state index contributed by atoms with van der Waals surface area (Å²) in [5.74, 6) is 0.797. The fraction of sp³-hybridized carbons (Fsp3) is 0.143. The maximum Gasteiger partial charge on any atom is 0.311 e. The van der Waals surface area contributed by atoms with Gasteiger partial charge in [-0.15, -0.1) is 0 Å². The van der Waals surface area contributed by atoms with Gasteiger partial charge in [-0.3, -0.25) is 10.1 Å². The van der Waals surface area contributed by atoms with Crippen molar-refractivity contribution in [2.75, 3.05) is 7.11 Å². The fourth-order valence-electron chi connectivity index (χ4n) is 1.73. The van der Waals surface area contributed by atoms with Gasteiger partial charge in [0.2, 0.25) is 0 Å². The molecule has 0 N–H and O–H groups in total. The van der Waals surface area contributed by atoms with Crippen molar-refractivity contribution in [1.82, 2.24) is 0 Å². The third-order valence-electron chi connectivity index (χ3n) is 2.69. The lowest BCUT2D eigenvalue weighted by Gasteiger charge is -2.10. The third kappa shape index (κ3) is 3.19. The van der Waals surface area contributed by atoms with Crippen LogP contribution >= 0.6 is 11.6 Å². The first-order chi connectivity index (χ1) is 9.61. The van der Waals surface area contributed by atoms with Crippen LogP contribution in [0.3, 0.4) is 0 Å². The van der Waals surface area contributed by atoms with E-state index in [4.69, 9.17) is 21.1 Å². The summed E-state index contributed by atoms with van der Waals surface area (Å²) < 4.78 is 10.7. The van der Waals surface area contributed by atoms with Gasteiger partial charge in [-0.2, -0.15) is 0 Å². The Morgan fingerprint density at radius 1 is 1.20 bits per heavy atom. The van der Waals surface area contributed by atoms with E-state index in [-0.39, 0.29) is 18.0 Å². The van der Waals surface area contributed by atoms with Crippen LogP contribution in [0.25, 0.3) is 0 Å². The lowest BCUT2D eigenvalue weighted by molar-refractivity contribution is -0.385. The molecule has 0 aliphatic carbocycles. The van der Waals surface area contributed by atoms with Crippen molar-refractivity contribution in [1.29, 1.82) is 0 Å². The number of benzene rings is 2. The maximum atomic E-state index is 10.9. The zero-order chi connectivity index (χ0) is 14.5. The van der Waals surface area contributed by atoms with Crippen LogP contribution in [0.15, 0.2) is 42.5 Å². The zero-order valence-corrected chi connectivity index (χ0v) is 11.5. The molecule has 2 aromatic carbocycles. The highest BCUT2D eigenvalue weighted by Crippen LogP contribution is 2.31. The second-order valence-electron chi connectivity index (χ2n) is 3.97. The topological polar surface area (TPSA) is 61.6 Å². The van der Waals surface area contributed by atoms with Gasteiger partial charge in [0, 0.05) is 22.7 Å². The molecule has 0 saturated heterocycles. The Morgan fingerprint density at radius 3 is 2.65 bits per heavy atom. The lowest BCUT2D eigenvalue weighted by Crippen LogP contribution is -2.01. The molecular weight excluding hydrogens is 282 g/mol. The fourth-order valence-corrected chi connectivity index (χ4v) is 1.89. The Balaban J connectivity index is 2.22. The average molecular weight is 294 g/mol. The van der Waals surface area contributed by atoms with Crippen LogP contribution in [0.2, 0.25) is 5.02 Å². The maximum absolute atomic E-state index is 10.9. The number of rotatable bonds is 5.